The van der Waals surface area contributed by atoms with Crippen LogP contribution in [0.4, 0.5) is 0 Å². The van der Waals surface area contributed by atoms with E-state index in [0.717, 1.165) is 12.8 Å². The third-order valence-electron chi connectivity index (χ3n) is 5.53. The normalized spacial score (nSPS) is 12.3. The Kier molecular flexibility index (Phi) is 19.0. The summed E-state index contributed by atoms with van der Waals surface area (Å²) in [5, 5.41) is 7.48. The van der Waals surface area contributed by atoms with Crippen LogP contribution in [0.15, 0.2) is 0 Å². The van der Waals surface area contributed by atoms with Gasteiger partial charge in [0.05, 0.1) is 25.2 Å². The highest BCUT2D eigenvalue weighted by Gasteiger charge is 2.22. The summed E-state index contributed by atoms with van der Waals surface area (Å²) in [6.07, 6.45) is 3.68. The van der Waals surface area contributed by atoms with Gasteiger partial charge in [-0.2, -0.15) is 0 Å². The fourth-order valence-corrected chi connectivity index (χ4v) is 3.28. The van der Waals surface area contributed by atoms with Gasteiger partial charge in [0.1, 0.15) is 5.78 Å². The Morgan fingerprint density at radius 3 is 1.81 bits per heavy atom. The summed E-state index contributed by atoms with van der Waals surface area (Å²) in [5.74, 6) is -2.02. The molecule has 0 heterocycles. The third kappa shape index (κ3) is 16.1. The fourth-order valence-electron chi connectivity index (χ4n) is 3.28. The topological polar surface area (TPSA) is 174 Å². The average molecular weight is 513 g/mol. The van der Waals surface area contributed by atoms with Crippen molar-refractivity contribution in [3.63, 3.8) is 0 Å². The molecule has 0 aliphatic rings. The van der Waals surface area contributed by atoms with Crippen LogP contribution in [0.5, 0.6) is 0 Å². The van der Waals surface area contributed by atoms with Gasteiger partial charge in [-0.05, 0) is 25.7 Å². The second-order valence-corrected chi connectivity index (χ2v) is 8.58. The highest BCUT2D eigenvalue weighted by atomic mass is 16.5. The van der Waals surface area contributed by atoms with Crippen molar-refractivity contribution < 1.29 is 33.5 Å². The van der Waals surface area contributed by atoms with Crippen LogP contribution >= 0.6 is 0 Å². The number of hydrogen-bond donors (Lipinski definition) is 4. The predicted octanol–water partition coefficient (Wildman–Crippen LogP) is 0.716. The number of unbranched alkanes of at least 4 members (excludes halogenated alkanes) is 1. The van der Waals surface area contributed by atoms with Crippen molar-refractivity contribution >= 4 is 35.1 Å². The van der Waals surface area contributed by atoms with Crippen LogP contribution in [-0.2, 0) is 33.5 Å². The average Bonchev–Trinajstić information content (AvgIpc) is 2.87. The SMILES string of the molecule is CCCCOCCCC(=O)CCC(=O)[C@H](CC)NC(=O)CCC(=O)[C@H](CC)NC(=O)CNC(=O)CN. The van der Waals surface area contributed by atoms with Crippen LogP contribution in [0.1, 0.15) is 85.0 Å². The molecule has 0 aliphatic carbocycles. The first-order valence-corrected chi connectivity index (χ1v) is 12.9. The van der Waals surface area contributed by atoms with E-state index in [9.17, 15) is 28.8 Å². The highest BCUT2D eigenvalue weighted by Crippen LogP contribution is 2.06. The van der Waals surface area contributed by atoms with Crippen LogP contribution in [0.3, 0.4) is 0 Å². The summed E-state index contributed by atoms with van der Waals surface area (Å²) in [6.45, 7) is 6.23. The van der Waals surface area contributed by atoms with E-state index in [0.29, 0.717) is 38.9 Å². The molecule has 206 valence electrons. The van der Waals surface area contributed by atoms with Crippen molar-refractivity contribution in [3.05, 3.63) is 0 Å². The molecule has 3 amide bonds. The van der Waals surface area contributed by atoms with Gasteiger partial charge in [-0.1, -0.05) is 27.2 Å². The molecular weight excluding hydrogens is 468 g/mol. The summed E-state index contributed by atoms with van der Waals surface area (Å²) < 4.78 is 5.42. The van der Waals surface area contributed by atoms with Crippen molar-refractivity contribution in [3.8, 4) is 0 Å². The molecule has 0 saturated heterocycles. The van der Waals surface area contributed by atoms with E-state index in [1.165, 1.54) is 0 Å². The number of amides is 3. The van der Waals surface area contributed by atoms with Gasteiger partial charge in [-0.3, -0.25) is 28.8 Å². The number of nitrogens with two attached hydrogens (primary N) is 1. The van der Waals surface area contributed by atoms with Gasteiger partial charge in [-0.15, -0.1) is 0 Å². The number of ketones is 3. The minimum absolute atomic E-state index is 0.00975. The molecular formula is C25H44N4O7. The van der Waals surface area contributed by atoms with E-state index in [1.807, 2.05) is 0 Å². The van der Waals surface area contributed by atoms with Crippen molar-refractivity contribution in [1.29, 1.82) is 0 Å². The molecule has 0 rings (SSSR count). The van der Waals surface area contributed by atoms with Gasteiger partial charge >= 0.3 is 0 Å². The first kappa shape index (κ1) is 33.3. The molecule has 0 radical (unpaired) electrons. The molecule has 0 unspecified atom stereocenters. The largest absolute Gasteiger partial charge is 0.381 e. The number of Topliss-reactive ketones (excluding diaryl/α,β-unsaturated/α-hetero) is 3. The highest BCUT2D eigenvalue weighted by molar-refractivity contribution is 5.94. The number of rotatable bonds is 22. The number of ether oxygens (including phenoxy) is 1. The standard InChI is InChI=1S/C25H44N4O7/c1-4-7-14-36-15-8-9-18(30)10-11-21(31)19(5-2)28-23(33)13-12-22(32)20(6-3)29-25(35)17-27-24(34)16-26/h19-20H,4-17,26H2,1-3H3,(H,27,34)(H,28,33)(H,29,35)/t19-,20-/m0/s1. The lowest BCUT2D eigenvalue weighted by atomic mass is 10.0. The molecule has 0 saturated carbocycles. The Morgan fingerprint density at radius 1 is 0.694 bits per heavy atom. The van der Waals surface area contributed by atoms with Crippen molar-refractivity contribution in [2.45, 2.75) is 97.1 Å². The molecule has 0 fully saturated rings. The zero-order chi connectivity index (χ0) is 27.3. The number of hydrogen-bond acceptors (Lipinski definition) is 8. The molecule has 0 aliphatic heterocycles. The maximum absolute atomic E-state index is 12.5. The van der Waals surface area contributed by atoms with E-state index < -0.39 is 29.8 Å². The van der Waals surface area contributed by atoms with Gasteiger partial charge < -0.3 is 26.4 Å². The van der Waals surface area contributed by atoms with Crippen LogP contribution < -0.4 is 21.7 Å². The van der Waals surface area contributed by atoms with Crippen LogP contribution in [-0.4, -0.2) is 73.5 Å². The fraction of sp³-hybridized carbons (Fsp3) is 0.760. The van der Waals surface area contributed by atoms with Gasteiger partial charge in [0.2, 0.25) is 17.7 Å². The molecule has 11 heteroatoms. The van der Waals surface area contributed by atoms with Gasteiger partial charge in [-0.25, -0.2) is 0 Å². The molecule has 0 aromatic rings. The van der Waals surface area contributed by atoms with E-state index in [2.05, 4.69) is 22.9 Å². The monoisotopic (exact) mass is 512 g/mol. The molecule has 0 aromatic carbocycles. The van der Waals surface area contributed by atoms with Crippen molar-refractivity contribution in [2.75, 3.05) is 26.3 Å². The second-order valence-electron chi connectivity index (χ2n) is 8.58. The molecule has 11 nitrogen and oxygen atoms in total. The summed E-state index contributed by atoms with van der Waals surface area (Å²) in [4.78, 5) is 72.2. The zero-order valence-corrected chi connectivity index (χ0v) is 22.0. The molecule has 0 spiro atoms. The first-order valence-electron chi connectivity index (χ1n) is 12.9. The lowest BCUT2D eigenvalue weighted by Gasteiger charge is -2.18. The number of carbonyl (C=O) groups is 6. The Bertz CT molecular complexity index is 727. The molecule has 36 heavy (non-hydrogen) atoms. The van der Waals surface area contributed by atoms with Crippen LogP contribution in [0.2, 0.25) is 0 Å². The third-order valence-corrected chi connectivity index (χ3v) is 5.53. The minimum Gasteiger partial charge on any atom is -0.381 e. The van der Waals surface area contributed by atoms with Gasteiger partial charge in [0.25, 0.3) is 0 Å². The number of nitrogens with one attached hydrogen (secondary N) is 3. The van der Waals surface area contributed by atoms with Gasteiger partial charge in [0, 0.05) is 45.3 Å². The van der Waals surface area contributed by atoms with Crippen LogP contribution in [0.25, 0.3) is 0 Å². The zero-order valence-electron chi connectivity index (χ0n) is 22.0. The lowest BCUT2D eigenvalue weighted by molar-refractivity contribution is -0.131. The van der Waals surface area contributed by atoms with Gasteiger partial charge in [0.15, 0.2) is 11.6 Å². The summed E-state index contributed by atoms with van der Waals surface area (Å²) in [6, 6.07) is -1.50. The van der Waals surface area contributed by atoms with E-state index in [1.54, 1.807) is 13.8 Å². The molecule has 0 bridgehead atoms. The number of carbonyl (C=O) groups excluding carboxylic acids is 6. The smallest absolute Gasteiger partial charge is 0.239 e. The van der Waals surface area contributed by atoms with Crippen LogP contribution in [0, 0.1) is 0 Å². The maximum Gasteiger partial charge on any atom is 0.239 e. The maximum atomic E-state index is 12.5. The lowest BCUT2D eigenvalue weighted by Crippen LogP contribution is -2.46. The van der Waals surface area contributed by atoms with E-state index >= 15 is 0 Å². The second kappa shape index (κ2) is 20.5. The van der Waals surface area contributed by atoms with Crippen molar-refractivity contribution in [1.82, 2.24) is 16.0 Å². The minimum atomic E-state index is -0.785. The Morgan fingerprint density at radius 2 is 1.25 bits per heavy atom. The van der Waals surface area contributed by atoms with Crippen molar-refractivity contribution in [2.24, 2.45) is 5.73 Å². The molecule has 0 aromatic heterocycles. The van der Waals surface area contributed by atoms with E-state index in [4.69, 9.17) is 10.5 Å². The summed E-state index contributed by atoms with van der Waals surface area (Å²) in [7, 11) is 0. The molecule has 5 N–H and O–H groups in total. The summed E-state index contributed by atoms with van der Waals surface area (Å²) in [5.41, 5.74) is 5.15. The Hall–Kier alpha value is -2.66. The Balaban J connectivity index is 4.36. The summed E-state index contributed by atoms with van der Waals surface area (Å²) >= 11 is 0. The molecule has 2 atom stereocenters. The quantitative estimate of drug-likeness (QED) is 0.153. The Labute approximate surface area is 214 Å². The first-order chi connectivity index (χ1) is 17.2. The predicted molar refractivity (Wildman–Crippen MR) is 135 cm³/mol. The van der Waals surface area contributed by atoms with E-state index in [-0.39, 0.29) is 56.1 Å².